The highest BCUT2D eigenvalue weighted by atomic mass is 32.2. The molecule has 0 saturated carbocycles. The summed E-state index contributed by atoms with van der Waals surface area (Å²) >= 11 is 6.66. The van der Waals surface area contributed by atoms with Crippen LogP contribution in [0, 0.1) is 0 Å². The first-order valence-electron chi connectivity index (χ1n) is 10.9. The summed E-state index contributed by atoms with van der Waals surface area (Å²) in [5, 5.41) is 0. The van der Waals surface area contributed by atoms with E-state index < -0.39 is 5.91 Å². The Hall–Kier alpha value is -3.44. The van der Waals surface area contributed by atoms with Gasteiger partial charge in [-0.3, -0.25) is 35.1 Å². The third-order valence-corrected chi connectivity index (χ3v) is 6.48. The fraction of sp³-hybridized carbons (Fsp3) is 0.292. The van der Waals surface area contributed by atoms with Gasteiger partial charge in [0.1, 0.15) is 4.32 Å². The molecule has 3 amide bonds. The van der Waals surface area contributed by atoms with E-state index in [1.54, 1.807) is 55.7 Å². The highest BCUT2D eigenvalue weighted by molar-refractivity contribution is 8.26. The lowest BCUT2D eigenvalue weighted by molar-refractivity contribution is -0.123. The van der Waals surface area contributed by atoms with Crippen LogP contribution in [0.3, 0.4) is 0 Å². The van der Waals surface area contributed by atoms with Crippen LogP contribution in [0.1, 0.15) is 41.6 Å². The summed E-state index contributed by atoms with van der Waals surface area (Å²) in [6.45, 7) is 0.479. The van der Waals surface area contributed by atoms with Gasteiger partial charge in [0, 0.05) is 25.4 Å². The minimum atomic E-state index is -0.429. The van der Waals surface area contributed by atoms with Crippen molar-refractivity contribution in [3.05, 3.63) is 58.8 Å². The van der Waals surface area contributed by atoms with Gasteiger partial charge in [0.05, 0.1) is 24.7 Å². The lowest BCUT2D eigenvalue weighted by Crippen LogP contribution is -2.41. The van der Waals surface area contributed by atoms with Gasteiger partial charge in [0.25, 0.3) is 11.8 Å². The maximum Gasteiger partial charge on any atom is 0.271 e. The molecule has 1 aliphatic rings. The summed E-state index contributed by atoms with van der Waals surface area (Å²) in [5.74, 6) is 0.345. The first kappa shape index (κ1) is 26.2. The third-order valence-electron chi connectivity index (χ3n) is 5.10. The monoisotopic (exact) mass is 514 g/mol. The van der Waals surface area contributed by atoms with Crippen LogP contribution in [-0.4, -0.2) is 52.7 Å². The molecule has 0 spiro atoms. The zero-order chi connectivity index (χ0) is 25.2. The van der Waals surface area contributed by atoms with Gasteiger partial charge in [-0.2, -0.15) is 0 Å². The van der Waals surface area contributed by atoms with Crippen molar-refractivity contribution in [3.63, 3.8) is 0 Å². The number of ether oxygens (including phenoxy) is 2. The average molecular weight is 515 g/mol. The Morgan fingerprint density at radius 3 is 2.63 bits per heavy atom. The van der Waals surface area contributed by atoms with E-state index in [4.69, 9.17) is 21.7 Å². The third kappa shape index (κ3) is 7.27. The maximum atomic E-state index is 12.8. The molecule has 0 radical (unpaired) electrons. The molecule has 0 unspecified atom stereocenters. The molecule has 1 fully saturated rings. The zero-order valence-electron chi connectivity index (χ0n) is 19.4. The van der Waals surface area contributed by atoms with Crippen molar-refractivity contribution in [1.82, 2.24) is 20.7 Å². The second kappa shape index (κ2) is 12.9. The van der Waals surface area contributed by atoms with Gasteiger partial charge in [-0.15, -0.1) is 0 Å². The normalized spacial score (nSPS) is 14.2. The SMILES string of the molecule is COc1ccc(/C=C2\SC(=S)N(CCCCCC(=O)NNC(=O)c3cccnc3)C2=O)cc1OC. The summed E-state index contributed by atoms with van der Waals surface area (Å²) in [4.78, 5) is 42.7. The van der Waals surface area contributed by atoms with E-state index in [9.17, 15) is 14.4 Å². The minimum absolute atomic E-state index is 0.134. The van der Waals surface area contributed by atoms with Crippen molar-refractivity contribution in [2.45, 2.75) is 25.7 Å². The van der Waals surface area contributed by atoms with Gasteiger partial charge in [-0.1, -0.05) is 36.5 Å². The van der Waals surface area contributed by atoms with Gasteiger partial charge >= 0.3 is 0 Å². The first-order valence-corrected chi connectivity index (χ1v) is 12.1. The number of amides is 3. The molecule has 2 aromatic rings. The smallest absolute Gasteiger partial charge is 0.271 e. The summed E-state index contributed by atoms with van der Waals surface area (Å²) in [6.07, 6.45) is 7.06. The molecule has 9 nitrogen and oxygen atoms in total. The number of carbonyl (C=O) groups is 3. The van der Waals surface area contributed by atoms with Crippen molar-refractivity contribution in [2.24, 2.45) is 0 Å². The lowest BCUT2D eigenvalue weighted by atomic mass is 10.1. The summed E-state index contributed by atoms with van der Waals surface area (Å²) in [6, 6.07) is 8.67. The number of thiocarbonyl (C=S) groups is 1. The summed E-state index contributed by atoms with van der Waals surface area (Å²) < 4.78 is 11.1. The Balaban J connectivity index is 1.40. The number of carbonyl (C=O) groups excluding carboxylic acids is 3. The van der Waals surface area contributed by atoms with Gasteiger partial charge in [-0.05, 0) is 48.7 Å². The maximum absolute atomic E-state index is 12.8. The predicted molar refractivity (Wildman–Crippen MR) is 138 cm³/mol. The van der Waals surface area contributed by atoms with E-state index in [2.05, 4.69) is 15.8 Å². The number of thioether (sulfide) groups is 1. The number of benzene rings is 1. The van der Waals surface area contributed by atoms with Crippen LogP contribution in [0.25, 0.3) is 6.08 Å². The van der Waals surface area contributed by atoms with E-state index in [1.807, 2.05) is 6.07 Å². The number of pyridine rings is 1. The summed E-state index contributed by atoms with van der Waals surface area (Å²) in [7, 11) is 3.13. The average Bonchev–Trinajstić information content (AvgIpc) is 3.14. The van der Waals surface area contributed by atoms with Gasteiger partial charge in [0.2, 0.25) is 5.91 Å². The Kier molecular flexibility index (Phi) is 9.62. The van der Waals surface area contributed by atoms with E-state index in [1.165, 1.54) is 18.0 Å². The molecule has 1 saturated heterocycles. The highest BCUT2D eigenvalue weighted by Crippen LogP contribution is 2.34. The molecule has 11 heteroatoms. The standard InChI is InChI=1S/C24H26N4O5S2/c1-32-18-10-9-16(13-19(18)33-2)14-20-23(31)28(24(34)35-20)12-5-3-4-8-21(29)26-27-22(30)17-7-6-11-25-15-17/h6-7,9-11,13-15H,3-5,8,12H2,1-2H3,(H,26,29)(H,27,30)/b20-14-. The van der Waals surface area contributed by atoms with Gasteiger partial charge in [-0.25, -0.2) is 0 Å². The Labute approximate surface area is 213 Å². The number of nitrogens with zero attached hydrogens (tertiary/aromatic N) is 2. The van der Waals surface area contributed by atoms with E-state index in [0.717, 1.165) is 12.0 Å². The molecule has 184 valence electrons. The number of unbranched alkanes of at least 4 members (excludes halogenated alkanes) is 2. The molecule has 3 rings (SSSR count). The Bertz CT molecular complexity index is 1120. The van der Waals surface area contributed by atoms with E-state index >= 15 is 0 Å². The number of rotatable bonds is 10. The fourth-order valence-corrected chi connectivity index (χ4v) is 4.59. The van der Waals surface area contributed by atoms with Crippen LogP contribution in [0.4, 0.5) is 0 Å². The number of hydrazine groups is 1. The van der Waals surface area contributed by atoms with Gasteiger partial charge in [0.15, 0.2) is 11.5 Å². The van der Waals surface area contributed by atoms with Crippen LogP contribution in [0.2, 0.25) is 0 Å². The second-order valence-corrected chi connectivity index (χ2v) is 9.18. The van der Waals surface area contributed by atoms with Crippen LogP contribution in [0.15, 0.2) is 47.6 Å². The predicted octanol–water partition coefficient (Wildman–Crippen LogP) is 3.32. The first-order chi connectivity index (χ1) is 16.9. The van der Waals surface area contributed by atoms with Crippen molar-refractivity contribution in [2.75, 3.05) is 20.8 Å². The molecule has 0 bridgehead atoms. The van der Waals surface area contributed by atoms with Gasteiger partial charge < -0.3 is 9.47 Å². The second-order valence-electron chi connectivity index (χ2n) is 7.50. The minimum Gasteiger partial charge on any atom is -0.493 e. The molecule has 0 aliphatic carbocycles. The van der Waals surface area contributed by atoms with E-state index in [-0.39, 0.29) is 18.2 Å². The van der Waals surface area contributed by atoms with Crippen LogP contribution in [0.5, 0.6) is 11.5 Å². The van der Waals surface area contributed by atoms with Crippen molar-refractivity contribution in [3.8, 4) is 11.5 Å². The number of nitrogens with one attached hydrogen (secondary N) is 2. The fourth-order valence-electron chi connectivity index (χ4n) is 3.28. The molecule has 0 atom stereocenters. The molecule has 35 heavy (non-hydrogen) atoms. The number of hydrogen-bond donors (Lipinski definition) is 2. The summed E-state index contributed by atoms with van der Waals surface area (Å²) in [5.41, 5.74) is 5.92. The number of aromatic nitrogens is 1. The van der Waals surface area contributed by atoms with Crippen LogP contribution >= 0.6 is 24.0 Å². The molecular weight excluding hydrogens is 488 g/mol. The number of methoxy groups -OCH3 is 2. The molecule has 2 heterocycles. The Morgan fingerprint density at radius 1 is 1.11 bits per heavy atom. The zero-order valence-corrected chi connectivity index (χ0v) is 21.0. The Morgan fingerprint density at radius 2 is 1.91 bits per heavy atom. The van der Waals surface area contributed by atoms with Crippen molar-refractivity contribution in [1.29, 1.82) is 0 Å². The lowest BCUT2D eigenvalue weighted by Gasteiger charge is -2.14. The molecule has 1 aromatic carbocycles. The highest BCUT2D eigenvalue weighted by Gasteiger charge is 2.31. The molecule has 2 N–H and O–H groups in total. The van der Waals surface area contributed by atoms with Crippen molar-refractivity contribution < 1.29 is 23.9 Å². The van der Waals surface area contributed by atoms with Crippen LogP contribution < -0.4 is 20.3 Å². The quantitative estimate of drug-likeness (QED) is 0.215. The topological polar surface area (TPSA) is 110 Å². The number of hydrogen-bond acceptors (Lipinski definition) is 8. The molecule has 1 aliphatic heterocycles. The molecular formula is C24H26N4O5S2. The van der Waals surface area contributed by atoms with Crippen LogP contribution in [-0.2, 0) is 9.59 Å². The van der Waals surface area contributed by atoms with E-state index in [0.29, 0.717) is 45.7 Å². The van der Waals surface area contributed by atoms with Crippen molar-refractivity contribution >= 4 is 52.1 Å². The molecule has 1 aromatic heterocycles. The largest absolute Gasteiger partial charge is 0.493 e.